The molecule has 3 N–H and O–H groups in total. The summed E-state index contributed by atoms with van der Waals surface area (Å²) in [5.74, 6) is -0.989. The van der Waals surface area contributed by atoms with E-state index in [9.17, 15) is 9.59 Å². The summed E-state index contributed by atoms with van der Waals surface area (Å²) in [5, 5.41) is 2.72. The van der Waals surface area contributed by atoms with E-state index in [-0.39, 0.29) is 0 Å². The quantitative estimate of drug-likeness (QED) is 0.621. The molecule has 3 aromatic carbocycles. The molecule has 0 aliphatic carbocycles. The SMILES string of the molecule is CO[C@H](C(=O)N[C@@H](Cc1ccc(-c2ccccc2)cc1)C(N)=O)c1ccccc1. The second-order valence-corrected chi connectivity index (χ2v) is 6.76. The molecule has 0 aromatic heterocycles. The maximum Gasteiger partial charge on any atom is 0.254 e. The van der Waals surface area contributed by atoms with Crippen LogP contribution in [-0.4, -0.2) is 25.0 Å². The van der Waals surface area contributed by atoms with E-state index in [1.54, 1.807) is 12.1 Å². The molecule has 5 heteroatoms. The van der Waals surface area contributed by atoms with Crippen molar-refractivity contribution in [2.24, 2.45) is 5.73 Å². The third kappa shape index (κ3) is 5.30. The molecule has 29 heavy (non-hydrogen) atoms. The van der Waals surface area contributed by atoms with Crippen LogP contribution in [0.4, 0.5) is 0 Å². The van der Waals surface area contributed by atoms with Gasteiger partial charge in [0.2, 0.25) is 5.91 Å². The van der Waals surface area contributed by atoms with Crippen LogP contribution in [0.5, 0.6) is 0 Å². The summed E-state index contributed by atoms with van der Waals surface area (Å²) in [6.07, 6.45) is -0.500. The fraction of sp³-hybridized carbons (Fsp3) is 0.167. The Hall–Kier alpha value is -3.44. The highest BCUT2D eigenvalue weighted by atomic mass is 16.5. The molecule has 0 bridgehead atoms. The number of hydrogen-bond acceptors (Lipinski definition) is 3. The summed E-state index contributed by atoms with van der Waals surface area (Å²) in [7, 11) is 1.46. The van der Waals surface area contributed by atoms with Crippen LogP contribution in [0.2, 0.25) is 0 Å². The number of ether oxygens (including phenoxy) is 1. The third-order valence-electron chi connectivity index (χ3n) is 4.74. The Morgan fingerprint density at radius 1 is 0.862 bits per heavy atom. The van der Waals surface area contributed by atoms with Gasteiger partial charge in [0.05, 0.1) is 0 Å². The fourth-order valence-electron chi connectivity index (χ4n) is 3.19. The van der Waals surface area contributed by atoms with E-state index in [1.165, 1.54) is 7.11 Å². The van der Waals surface area contributed by atoms with Crippen molar-refractivity contribution in [3.63, 3.8) is 0 Å². The molecular formula is C24H24N2O3. The molecule has 0 aliphatic rings. The minimum absolute atomic E-state index is 0.307. The van der Waals surface area contributed by atoms with Crippen molar-refractivity contribution in [1.82, 2.24) is 5.32 Å². The summed E-state index contributed by atoms with van der Waals surface area (Å²) in [5.41, 5.74) is 9.35. The van der Waals surface area contributed by atoms with E-state index in [0.29, 0.717) is 12.0 Å². The smallest absolute Gasteiger partial charge is 0.254 e. The topological polar surface area (TPSA) is 81.4 Å². The molecule has 0 heterocycles. The molecule has 0 unspecified atom stereocenters. The van der Waals surface area contributed by atoms with Crippen LogP contribution in [-0.2, 0) is 20.7 Å². The first kappa shape index (κ1) is 20.3. The van der Waals surface area contributed by atoms with E-state index in [1.807, 2.05) is 72.8 Å². The Balaban J connectivity index is 1.70. The number of rotatable bonds is 8. The molecule has 0 fully saturated rings. The molecule has 3 aromatic rings. The largest absolute Gasteiger partial charge is 0.368 e. The van der Waals surface area contributed by atoms with Crippen LogP contribution in [0.15, 0.2) is 84.9 Å². The molecule has 2 amide bonds. The van der Waals surface area contributed by atoms with Gasteiger partial charge in [-0.3, -0.25) is 9.59 Å². The minimum atomic E-state index is -0.827. The van der Waals surface area contributed by atoms with Gasteiger partial charge >= 0.3 is 0 Å². The van der Waals surface area contributed by atoms with Gasteiger partial charge in [-0.25, -0.2) is 0 Å². The zero-order valence-corrected chi connectivity index (χ0v) is 16.2. The zero-order chi connectivity index (χ0) is 20.6. The van der Waals surface area contributed by atoms with Gasteiger partial charge in [0.15, 0.2) is 6.10 Å². The standard InChI is InChI=1S/C24H24N2O3/c1-29-22(20-10-6-3-7-11-20)24(28)26-21(23(25)27)16-17-12-14-19(15-13-17)18-8-4-2-5-9-18/h2-15,21-22H,16H2,1H3,(H2,25,27)(H,26,28)/t21-,22-/m0/s1. The second kappa shape index (κ2) is 9.66. The molecule has 0 saturated heterocycles. The minimum Gasteiger partial charge on any atom is -0.368 e. The number of carbonyl (C=O) groups excluding carboxylic acids is 2. The van der Waals surface area contributed by atoms with Crippen LogP contribution in [0.25, 0.3) is 11.1 Å². The number of amides is 2. The van der Waals surface area contributed by atoms with Gasteiger partial charge in [-0.1, -0.05) is 84.9 Å². The molecule has 148 valence electrons. The number of methoxy groups -OCH3 is 1. The van der Waals surface area contributed by atoms with Crippen molar-refractivity contribution >= 4 is 11.8 Å². The van der Waals surface area contributed by atoms with Crippen molar-refractivity contribution in [3.8, 4) is 11.1 Å². The highest BCUT2D eigenvalue weighted by Crippen LogP contribution is 2.20. The lowest BCUT2D eigenvalue weighted by Crippen LogP contribution is -2.47. The van der Waals surface area contributed by atoms with Gasteiger partial charge in [0.25, 0.3) is 5.91 Å². The number of primary amides is 1. The second-order valence-electron chi connectivity index (χ2n) is 6.76. The Morgan fingerprint density at radius 3 is 1.97 bits per heavy atom. The lowest BCUT2D eigenvalue weighted by molar-refractivity contribution is -0.134. The first-order valence-electron chi connectivity index (χ1n) is 9.40. The van der Waals surface area contributed by atoms with Crippen LogP contribution in [0, 0.1) is 0 Å². The Morgan fingerprint density at radius 2 is 1.41 bits per heavy atom. The molecule has 0 saturated carbocycles. The van der Waals surface area contributed by atoms with E-state index in [2.05, 4.69) is 5.32 Å². The van der Waals surface area contributed by atoms with Crippen molar-refractivity contribution in [1.29, 1.82) is 0 Å². The third-order valence-corrected chi connectivity index (χ3v) is 4.74. The van der Waals surface area contributed by atoms with Crippen LogP contribution in [0.3, 0.4) is 0 Å². The lowest BCUT2D eigenvalue weighted by atomic mass is 10.00. The van der Waals surface area contributed by atoms with Gasteiger partial charge in [0.1, 0.15) is 6.04 Å². The summed E-state index contributed by atoms with van der Waals surface area (Å²) >= 11 is 0. The van der Waals surface area contributed by atoms with Gasteiger partial charge in [-0.15, -0.1) is 0 Å². The highest BCUT2D eigenvalue weighted by Gasteiger charge is 2.25. The van der Waals surface area contributed by atoms with Crippen LogP contribution in [0.1, 0.15) is 17.2 Å². The van der Waals surface area contributed by atoms with E-state index in [4.69, 9.17) is 10.5 Å². The summed E-state index contributed by atoms with van der Waals surface area (Å²) in [6.45, 7) is 0. The predicted octanol–water partition coefficient (Wildman–Crippen LogP) is 3.25. The van der Waals surface area contributed by atoms with Crippen LogP contribution < -0.4 is 11.1 Å². The molecule has 5 nitrogen and oxygen atoms in total. The zero-order valence-electron chi connectivity index (χ0n) is 16.2. The van der Waals surface area contributed by atoms with E-state index < -0.39 is 24.0 Å². The number of hydrogen-bond donors (Lipinski definition) is 2. The Kier molecular flexibility index (Phi) is 6.76. The van der Waals surface area contributed by atoms with Crippen molar-refractivity contribution in [2.75, 3.05) is 7.11 Å². The molecule has 3 rings (SSSR count). The van der Waals surface area contributed by atoms with Crippen molar-refractivity contribution < 1.29 is 14.3 Å². The fourth-order valence-corrected chi connectivity index (χ4v) is 3.19. The molecule has 0 aliphatic heterocycles. The molecule has 0 spiro atoms. The molecular weight excluding hydrogens is 364 g/mol. The molecule has 2 atom stereocenters. The van der Waals surface area contributed by atoms with Gasteiger partial charge in [0, 0.05) is 13.5 Å². The Labute approximate surface area is 170 Å². The van der Waals surface area contributed by atoms with Gasteiger partial charge < -0.3 is 15.8 Å². The Bertz CT molecular complexity index is 941. The van der Waals surface area contributed by atoms with Gasteiger partial charge in [-0.2, -0.15) is 0 Å². The first-order chi connectivity index (χ1) is 14.1. The van der Waals surface area contributed by atoms with Gasteiger partial charge in [-0.05, 0) is 22.3 Å². The predicted molar refractivity (Wildman–Crippen MR) is 113 cm³/mol. The number of carbonyl (C=O) groups is 2. The summed E-state index contributed by atoms with van der Waals surface area (Å²) in [4.78, 5) is 24.6. The van der Waals surface area contributed by atoms with Crippen LogP contribution >= 0.6 is 0 Å². The average Bonchev–Trinajstić information content (AvgIpc) is 2.75. The van der Waals surface area contributed by atoms with Crippen molar-refractivity contribution in [3.05, 3.63) is 96.1 Å². The monoisotopic (exact) mass is 388 g/mol. The highest BCUT2D eigenvalue weighted by molar-refractivity contribution is 5.89. The first-order valence-corrected chi connectivity index (χ1v) is 9.40. The summed E-state index contributed by atoms with van der Waals surface area (Å²) < 4.78 is 5.33. The number of nitrogens with one attached hydrogen (secondary N) is 1. The number of nitrogens with two attached hydrogens (primary N) is 1. The summed E-state index contributed by atoms with van der Waals surface area (Å²) in [6, 6.07) is 26.2. The van der Waals surface area contributed by atoms with Crippen molar-refractivity contribution in [2.45, 2.75) is 18.6 Å². The maximum atomic E-state index is 12.7. The lowest BCUT2D eigenvalue weighted by Gasteiger charge is -2.20. The molecule has 0 radical (unpaired) electrons. The maximum absolute atomic E-state index is 12.7. The number of benzene rings is 3. The van der Waals surface area contributed by atoms with E-state index >= 15 is 0 Å². The average molecular weight is 388 g/mol. The normalized spacial score (nSPS) is 12.7. The van der Waals surface area contributed by atoms with E-state index in [0.717, 1.165) is 16.7 Å².